The maximum atomic E-state index is 10.6. The molecule has 1 rings (SSSR count). The van der Waals surface area contributed by atoms with Crippen molar-refractivity contribution in [2.45, 2.75) is 38.8 Å². The van der Waals surface area contributed by atoms with E-state index < -0.39 is 5.97 Å². The van der Waals surface area contributed by atoms with E-state index in [4.69, 9.17) is 10.2 Å². The smallest absolute Gasteiger partial charge is 0.304 e. The van der Waals surface area contributed by atoms with Crippen molar-refractivity contribution in [3.8, 4) is 0 Å². The molecule has 0 spiro atoms. The minimum Gasteiger partial charge on any atom is -0.481 e. The second kappa shape index (κ2) is 4.75. The van der Waals surface area contributed by atoms with E-state index >= 15 is 0 Å². The standard InChI is InChI=1S/C10H19NO3/c1-7(2)3-8(4-10(13)14)11-5-9(12)6-11/h7-9,12H,3-6H2,1-2H3,(H,13,14). The number of nitrogens with zero attached hydrogens (tertiary/aromatic N) is 1. The van der Waals surface area contributed by atoms with Crippen LogP contribution >= 0.6 is 0 Å². The first-order valence-corrected chi connectivity index (χ1v) is 5.13. The maximum Gasteiger partial charge on any atom is 0.304 e. The summed E-state index contributed by atoms with van der Waals surface area (Å²) in [5, 5.41) is 17.9. The van der Waals surface area contributed by atoms with Crippen molar-refractivity contribution >= 4 is 5.97 Å². The molecule has 1 unspecified atom stereocenters. The third kappa shape index (κ3) is 3.27. The monoisotopic (exact) mass is 201 g/mol. The number of carboxylic acid groups (broad SMARTS) is 1. The Morgan fingerprint density at radius 3 is 2.43 bits per heavy atom. The van der Waals surface area contributed by atoms with E-state index in [2.05, 4.69) is 18.7 Å². The van der Waals surface area contributed by atoms with Gasteiger partial charge in [0.2, 0.25) is 0 Å². The summed E-state index contributed by atoms with van der Waals surface area (Å²) in [7, 11) is 0. The normalized spacial score (nSPS) is 20.9. The number of β-amino-alcohol motifs (C(OH)–C–C–N with tert-alkyl or cyclic N) is 1. The Hall–Kier alpha value is -0.610. The van der Waals surface area contributed by atoms with Gasteiger partial charge in [0.15, 0.2) is 0 Å². The number of hydrogen-bond acceptors (Lipinski definition) is 3. The van der Waals surface area contributed by atoms with Crippen LogP contribution in [0.2, 0.25) is 0 Å². The largest absolute Gasteiger partial charge is 0.481 e. The quantitative estimate of drug-likeness (QED) is 0.682. The molecule has 0 aromatic carbocycles. The SMILES string of the molecule is CC(C)CC(CC(=O)O)N1CC(O)C1. The lowest BCUT2D eigenvalue weighted by Crippen LogP contribution is -2.56. The third-order valence-corrected chi connectivity index (χ3v) is 2.56. The van der Waals surface area contributed by atoms with Gasteiger partial charge < -0.3 is 10.2 Å². The van der Waals surface area contributed by atoms with E-state index in [9.17, 15) is 4.79 Å². The highest BCUT2D eigenvalue weighted by molar-refractivity contribution is 5.67. The summed E-state index contributed by atoms with van der Waals surface area (Å²) in [6, 6.07) is 0.0934. The molecular weight excluding hydrogens is 182 g/mol. The molecule has 1 saturated heterocycles. The highest BCUT2D eigenvalue weighted by Crippen LogP contribution is 2.20. The van der Waals surface area contributed by atoms with E-state index in [1.165, 1.54) is 0 Å². The van der Waals surface area contributed by atoms with Gasteiger partial charge in [-0.3, -0.25) is 9.69 Å². The molecular formula is C10H19NO3. The van der Waals surface area contributed by atoms with Crippen molar-refractivity contribution in [3.05, 3.63) is 0 Å². The van der Waals surface area contributed by atoms with Gasteiger partial charge >= 0.3 is 5.97 Å². The molecule has 14 heavy (non-hydrogen) atoms. The molecule has 0 aromatic heterocycles. The number of aliphatic carboxylic acids is 1. The van der Waals surface area contributed by atoms with Crippen molar-refractivity contribution < 1.29 is 15.0 Å². The summed E-state index contributed by atoms with van der Waals surface area (Å²) < 4.78 is 0. The lowest BCUT2D eigenvalue weighted by atomic mass is 9.96. The molecule has 4 nitrogen and oxygen atoms in total. The number of hydrogen-bond donors (Lipinski definition) is 2. The average Bonchev–Trinajstić information content (AvgIpc) is 1.95. The van der Waals surface area contributed by atoms with Crippen LogP contribution in [-0.2, 0) is 4.79 Å². The fraction of sp³-hybridized carbons (Fsp3) is 0.900. The molecule has 0 radical (unpaired) electrons. The van der Waals surface area contributed by atoms with E-state index in [0.717, 1.165) is 6.42 Å². The minimum absolute atomic E-state index is 0.0934. The summed E-state index contributed by atoms with van der Waals surface area (Å²) in [6.45, 7) is 5.44. The molecule has 0 aliphatic carbocycles. The van der Waals surface area contributed by atoms with Crippen LogP contribution in [0.3, 0.4) is 0 Å². The molecule has 0 amide bonds. The predicted octanol–water partition coefficient (Wildman–Crippen LogP) is 0.552. The zero-order chi connectivity index (χ0) is 10.7. The van der Waals surface area contributed by atoms with Crippen molar-refractivity contribution in [1.82, 2.24) is 4.90 Å². The summed E-state index contributed by atoms with van der Waals surface area (Å²) in [5.41, 5.74) is 0. The van der Waals surface area contributed by atoms with Crippen LogP contribution in [0, 0.1) is 5.92 Å². The van der Waals surface area contributed by atoms with Crippen LogP contribution in [0.5, 0.6) is 0 Å². The number of aliphatic hydroxyl groups excluding tert-OH is 1. The lowest BCUT2D eigenvalue weighted by Gasteiger charge is -2.42. The Morgan fingerprint density at radius 1 is 1.50 bits per heavy atom. The van der Waals surface area contributed by atoms with Crippen LogP contribution in [0.15, 0.2) is 0 Å². The molecule has 1 fully saturated rings. The first-order valence-electron chi connectivity index (χ1n) is 5.13. The molecule has 4 heteroatoms. The second-order valence-corrected chi connectivity index (χ2v) is 4.49. The van der Waals surface area contributed by atoms with E-state index in [1.54, 1.807) is 0 Å². The van der Waals surface area contributed by atoms with Crippen molar-refractivity contribution in [3.63, 3.8) is 0 Å². The minimum atomic E-state index is -0.753. The van der Waals surface area contributed by atoms with Gasteiger partial charge in [-0.25, -0.2) is 0 Å². The Kier molecular flexibility index (Phi) is 3.89. The molecule has 0 bridgehead atoms. The zero-order valence-electron chi connectivity index (χ0n) is 8.81. The van der Waals surface area contributed by atoms with Crippen LogP contribution in [-0.4, -0.2) is 46.3 Å². The Bertz CT molecular complexity index is 200. The summed E-state index contributed by atoms with van der Waals surface area (Å²) in [5.74, 6) is -0.255. The Balaban J connectivity index is 2.40. The maximum absolute atomic E-state index is 10.6. The van der Waals surface area contributed by atoms with Gasteiger partial charge in [-0.05, 0) is 12.3 Å². The van der Waals surface area contributed by atoms with Crippen LogP contribution in [0.4, 0.5) is 0 Å². The highest BCUT2D eigenvalue weighted by atomic mass is 16.4. The lowest BCUT2D eigenvalue weighted by molar-refractivity contribution is -0.140. The number of rotatable bonds is 5. The first-order chi connectivity index (χ1) is 6.49. The van der Waals surface area contributed by atoms with Crippen LogP contribution < -0.4 is 0 Å². The molecule has 0 aromatic rings. The second-order valence-electron chi connectivity index (χ2n) is 4.49. The first kappa shape index (κ1) is 11.5. The van der Waals surface area contributed by atoms with Gasteiger partial charge in [0.1, 0.15) is 0 Å². The van der Waals surface area contributed by atoms with Crippen molar-refractivity contribution in [2.75, 3.05) is 13.1 Å². The van der Waals surface area contributed by atoms with Gasteiger partial charge in [-0.2, -0.15) is 0 Å². The summed E-state index contributed by atoms with van der Waals surface area (Å²) >= 11 is 0. The predicted molar refractivity (Wildman–Crippen MR) is 53.1 cm³/mol. The third-order valence-electron chi connectivity index (χ3n) is 2.56. The van der Waals surface area contributed by atoms with Crippen molar-refractivity contribution in [2.24, 2.45) is 5.92 Å². The summed E-state index contributed by atoms with van der Waals surface area (Å²) in [4.78, 5) is 12.7. The molecule has 1 aliphatic rings. The number of carboxylic acids is 1. The number of carbonyl (C=O) groups is 1. The van der Waals surface area contributed by atoms with E-state index in [1.807, 2.05) is 0 Å². The molecule has 2 N–H and O–H groups in total. The molecule has 0 saturated carbocycles. The van der Waals surface area contributed by atoms with Gasteiger partial charge in [-0.15, -0.1) is 0 Å². The average molecular weight is 201 g/mol. The van der Waals surface area contributed by atoms with Crippen LogP contribution in [0.1, 0.15) is 26.7 Å². The van der Waals surface area contributed by atoms with Gasteiger partial charge in [-0.1, -0.05) is 13.8 Å². The van der Waals surface area contributed by atoms with E-state index in [0.29, 0.717) is 19.0 Å². The van der Waals surface area contributed by atoms with Crippen LogP contribution in [0.25, 0.3) is 0 Å². The fourth-order valence-electron chi connectivity index (χ4n) is 1.89. The summed E-state index contributed by atoms with van der Waals surface area (Å²) in [6.07, 6.45) is 0.822. The molecule has 1 heterocycles. The van der Waals surface area contributed by atoms with Gasteiger partial charge in [0, 0.05) is 19.1 Å². The van der Waals surface area contributed by atoms with Gasteiger partial charge in [0.05, 0.1) is 12.5 Å². The Morgan fingerprint density at radius 2 is 2.07 bits per heavy atom. The fourth-order valence-corrected chi connectivity index (χ4v) is 1.89. The van der Waals surface area contributed by atoms with Gasteiger partial charge in [0.25, 0.3) is 0 Å². The highest BCUT2D eigenvalue weighted by Gasteiger charge is 2.32. The zero-order valence-corrected chi connectivity index (χ0v) is 8.81. The molecule has 82 valence electrons. The topological polar surface area (TPSA) is 60.8 Å². The van der Waals surface area contributed by atoms with Crippen molar-refractivity contribution in [1.29, 1.82) is 0 Å². The number of aliphatic hydroxyl groups is 1. The Labute approximate surface area is 84.5 Å². The molecule has 1 atom stereocenters. The number of likely N-dealkylation sites (tertiary alicyclic amines) is 1. The molecule has 1 aliphatic heterocycles. The van der Waals surface area contributed by atoms with E-state index in [-0.39, 0.29) is 18.6 Å².